The monoisotopic (exact) mass is 354 g/mol. The number of aryl methyl sites for hydroxylation is 1. The van der Waals surface area contributed by atoms with Gasteiger partial charge in [-0.1, -0.05) is 12.1 Å². The molecule has 0 aliphatic carbocycles. The lowest BCUT2D eigenvalue weighted by Gasteiger charge is -2.35. The minimum absolute atomic E-state index is 0.0789. The molecule has 0 bridgehead atoms. The van der Waals surface area contributed by atoms with Gasteiger partial charge in [0.2, 0.25) is 0 Å². The van der Waals surface area contributed by atoms with Crippen LogP contribution in [-0.2, 0) is 13.2 Å². The van der Waals surface area contributed by atoms with E-state index in [4.69, 9.17) is 4.74 Å². The Kier molecular flexibility index (Phi) is 5.29. The quantitative estimate of drug-likeness (QED) is 0.896. The summed E-state index contributed by atoms with van der Waals surface area (Å²) in [5.74, 6) is 0.807. The topological polar surface area (TPSA) is 42.3 Å². The van der Waals surface area contributed by atoms with Crippen molar-refractivity contribution >= 4 is 0 Å². The van der Waals surface area contributed by atoms with Crippen molar-refractivity contribution in [3.8, 4) is 5.75 Å². The highest BCUT2D eigenvalue weighted by molar-refractivity contribution is 5.35. The van der Waals surface area contributed by atoms with Gasteiger partial charge in [-0.3, -0.25) is 4.90 Å². The molecule has 1 aromatic heterocycles. The van der Waals surface area contributed by atoms with Crippen molar-refractivity contribution < 1.29 is 17.9 Å². The molecule has 136 valence electrons. The number of halogens is 3. The van der Waals surface area contributed by atoms with Crippen LogP contribution in [0.3, 0.4) is 0 Å². The number of imidazole rings is 1. The lowest BCUT2D eigenvalue weighted by Crippen LogP contribution is -2.48. The van der Waals surface area contributed by atoms with E-state index in [9.17, 15) is 13.2 Å². The summed E-state index contributed by atoms with van der Waals surface area (Å²) < 4.78 is 46.5. The molecule has 0 amide bonds. The van der Waals surface area contributed by atoms with Crippen molar-refractivity contribution in [3.63, 3.8) is 0 Å². The second kappa shape index (κ2) is 7.45. The van der Waals surface area contributed by atoms with Gasteiger partial charge in [0, 0.05) is 45.6 Å². The predicted octanol–water partition coefficient (Wildman–Crippen LogP) is 2.46. The van der Waals surface area contributed by atoms with Crippen molar-refractivity contribution in [2.45, 2.75) is 12.2 Å². The Bertz CT molecular complexity index is 701. The number of alkyl halides is 3. The fraction of sp³-hybridized carbons (Fsp3) is 0.471. The number of para-hydroxylation sites is 1. The normalized spacial score (nSPS) is 19.1. The Hall–Kier alpha value is -2.06. The molecule has 2 heterocycles. The maximum atomic E-state index is 13.0. The summed E-state index contributed by atoms with van der Waals surface area (Å²) in [4.78, 5) is 6.58. The number of ether oxygens (including phenoxy) is 1. The summed E-state index contributed by atoms with van der Waals surface area (Å²) in [5.41, 5.74) is -0.740. The second-order valence-corrected chi connectivity index (χ2v) is 5.99. The lowest BCUT2D eigenvalue weighted by atomic mass is 10.1. The summed E-state index contributed by atoms with van der Waals surface area (Å²) >= 11 is 0. The Morgan fingerprint density at radius 1 is 1.32 bits per heavy atom. The van der Waals surface area contributed by atoms with Crippen molar-refractivity contribution in [2.75, 3.05) is 32.8 Å². The summed E-state index contributed by atoms with van der Waals surface area (Å²) in [7, 11) is 1.94. The third-order valence-electron chi connectivity index (χ3n) is 4.34. The van der Waals surface area contributed by atoms with E-state index in [0.717, 1.165) is 31.5 Å². The molecule has 1 atom stereocenters. The van der Waals surface area contributed by atoms with Gasteiger partial charge in [0.15, 0.2) is 0 Å². The summed E-state index contributed by atoms with van der Waals surface area (Å²) in [5, 5.41) is 3.33. The molecule has 0 spiro atoms. The van der Waals surface area contributed by atoms with Crippen molar-refractivity contribution in [1.82, 2.24) is 19.8 Å². The first-order chi connectivity index (χ1) is 12.0. The summed E-state index contributed by atoms with van der Waals surface area (Å²) in [6.07, 6.45) is -0.780. The number of hydrogen-bond acceptors (Lipinski definition) is 4. The van der Waals surface area contributed by atoms with E-state index in [1.807, 2.05) is 17.8 Å². The van der Waals surface area contributed by atoms with E-state index >= 15 is 0 Å². The first kappa shape index (κ1) is 17.8. The van der Waals surface area contributed by atoms with Crippen LogP contribution >= 0.6 is 0 Å². The largest absolute Gasteiger partial charge is 0.492 e. The SMILES string of the molecule is Cn1ccnc1C1CNCCN1CCOc1ccccc1C(F)(F)F. The molecule has 1 saturated heterocycles. The van der Waals surface area contributed by atoms with Crippen LogP contribution in [0.1, 0.15) is 17.4 Å². The zero-order chi connectivity index (χ0) is 17.9. The van der Waals surface area contributed by atoms with Crippen LogP contribution in [0.4, 0.5) is 13.2 Å². The van der Waals surface area contributed by atoms with Crippen molar-refractivity contribution in [1.29, 1.82) is 0 Å². The number of aromatic nitrogens is 2. The molecule has 1 aliphatic heterocycles. The lowest BCUT2D eigenvalue weighted by molar-refractivity contribution is -0.139. The minimum atomic E-state index is -4.42. The molecule has 0 radical (unpaired) electrons. The highest BCUT2D eigenvalue weighted by Crippen LogP contribution is 2.35. The average Bonchev–Trinajstić information content (AvgIpc) is 3.01. The molecular weight excluding hydrogens is 333 g/mol. The highest BCUT2D eigenvalue weighted by Gasteiger charge is 2.34. The molecular formula is C17H21F3N4O. The minimum Gasteiger partial charge on any atom is -0.492 e. The number of benzene rings is 1. The van der Waals surface area contributed by atoms with Crippen LogP contribution in [0.15, 0.2) is 36.7 Å². The van der Waals surface area contributed by atoms with Crippen LogP contribution < -0.4 is 10.1 Å². The highest BCUT2D eigenvalue weighted by atomic mass is 19.4. The van der Waals surface area contributed by atoms with Crippen molar-refractivity contribution in [2.24, 2.45) is 7.05 Å². The first-order valence-electron chi connectivity index (χ1n) is 8.18. The van der Waals surface area contributed by atoms with Gasteiger partial charge in [-0.15, -0.1) is 0 Å². The number of hydrogen-bond donors (Lipinski definition) is 1. The van der Waals surface area contributed by atoms with Crippen LogP contribution in [0.25, 0.3) is 0 Å². The first-order valence-corrected chi connectivity index (χ1v) is 8.18. The van der Waals surface area contributed by atoms with Gasteiger partial charge in [-0.2, -0.15) is 13.2 Å². The predicted molar refractivity (Wildman–Crippen MR) is 87.3 cm³/mol. The van der Waals surface area contributed by atoms with Crippen LogP contribution in [0, 0.1) is 0 Å². The number of nitrogens with zero attached hydrogens (tertiary/aromatic N) is 3. The Labute approximate surface area is 144 Å². The van der Waals surface area contributed by atoms with Crippen LogP contribution in [0.5, 0.6) is 5.75 Å². The van der Waals surface area contributed by atoms with Gasteiger partial charge in [0.05, 0.1) is 11.6 Å². The third kappa shape index (κ3) is 4.13. The fourth-order valence-electron chi connectivity index (χ4n) is 3.07. The number of rotatable bonds is 5. The van der Waals surface area contributed by atoms with Gasteiger partial charge in [-0.25, -0.2) is 4.98 Å². The van der Waals surface area contributed by atoms with E-state index in [-0.39, 0.29) is 18.4 Å². The zero-order valence-electron chi connectivity index (χ0n) is 14.0. The number of piperazine rings is 1. The van der Waals surface area contributed by atoms with Crippen LogP contribution in [-0.4, -0.2) is 47.2 Å². The third-order valence-corrected chi connectivity index (χ3v) is 4.34. The number of nitrogens with one attached hydrogen (secondary N) is 1. The molecule has 1 aliphatic rings. The second-order valence-electron chi connectivity index (χ2n) is 5.99. The van der Waals surface area contributed by atoms with E-state index < -0.39 is 11.7 Å². The Morgan fingerprint density at radius 2 is 2.12 bits per heavy atom. The average molecular weight is 354 g/mol. The Balaban J connectivity index is 1.64. The van der Waals surface area contributed by atoms with Gasteiger partial charge in [0.25, 0.3) is 0 Å². The molecule has 1 unspecified atom stereocenters. The van der Waals surface area contributed by atoms with Crippen molar-refractivity contribution in [3.05, 3.63) is 48.0 Å². The molecule has 1 fully saturated rings. The van der Waals surface area contributed by atoms with E-state index in [1.165, 1.54) is 12.1 Å². The molecule has 2 aromatic rings. The van der Waals surface area contributed by atoms with Gasteiger partial charge in [0.1, 0.15) is 18.2 Å². The molecule has 8 heteroatoms. The molecule has 1 aromatic carbocycles. The van der Waals surface area contributed by atoms with Gasteiger partial charge >= 0.3 is 6.18 Å². The van der Waals surface area contributed by atoms with E-state index in [1.54, 1.807) is 12.3 Å². The van der Waals surface area contributed by atoms with Crippen LogP contribution in [0.2, 0.25) is 0 Å². The fourth-order valence-corrected chi connectivity index (χ4v) is 3.07. The van der Waals surface area contributed by atoms with E-state index in [2.05, 4.69) is 15.2 Å². The maximum absolute atomic E-state index is 13.0. The molecule has 0 saturated carbocycles. The molecule has 3 rings (SSSR count). The maximum Gasteiger partial charge on any atom is 0.419 e. The molecule has 1 N–H and O–H groups in total. The summed E-state index contributed by atoms with van der Waals surface area (Å²) in [6.45, 7) is 3.10. The zero-order valence-corrected chi connectivity index (χ0v) is 14.0. The molecule has 25 heavy (non-hydrogen) atoms. The molecule has 5 nitrogen and oxygen atoms in total. The Morgan fingerprint density at radius 3 is 2.84 bits per heavy atom. The van der Waals surface area contributed by atoms with E-state index in [0.29, 0.717) is 6.54 Å². The smallest absolute Gasteiger partial charge is 0.419 e. The standard InChI is InChI=1S/C17H21F3N4O/c1-23-8-7-22-16(23)14-12-21-6-9-24(14)10-11-25-15-5-3-2-4-13(15)17(18,19)20/h2-5,7-8,14,21H,6,9-12H2,1H3. The summed E-state index contributed by atoms with van der Waals surface area (Å²) in [6, 6.07) is 5.39. The van der Waals surface area contributed by atoms with Gasteiger partial charge in [-0.05, 0) is 12.1 Å². The van der Waals surface area contributed by atoms with Gasteiger partial charge < -0.3 is 14.6 Å².